The quantitative estimate of drug-likeness (QED) is 0.0717. The van der Waals surface area contributed by atoms with Crippen LogP contribution in [-0.4, -0.2) is 90.2 Å². The number of hydrogen-bond acceptors (Lipinski definition) is 12. The minimum Gasteiger partial charge on any atom is -0.497 e. The number of aromatic nitrogens is 1. The molecule has 64 heavy (non-hydrogen) atoms. The van der Waals surface area contributed by atoms with Gasteiger partial charge in [-0.15, -0.1) is 0 Å². The van der Waals surface area contributed by atoms with Gasteiger partial charge in [-0.1, -0.05) is 82.6 Å². The van der Waals surface area contributed by atoms with Crippen molar-refractivity contribution in [2.45, 2.75) is 123 Å². The third-order valence-electron chi connectivity index (χ3n) is 11.3. The molecule has 0 bridgehead atoms. The van der Waals surface area contributed by atoms with Crippen LogP contribution in [0.3, 0.4) is 0 Å². The fourth-order valence-corrected chi connectivity index (χ4v) is 10.1. The Hall–Kier alpha value is -5.66. The highest BCUT2D eigenvalue weighted by molar-refractivity contribution is 7.55. The Kier molecular flexibility index (Phi) is 15.9. The maximum Gasteiger partial charge on any atom is 0.408 e. The van der Waals surface area contributed by atoms with Crippen LogP contribution < -0.4 is 24.6 Å². The molecule has 16 heteroatoms. The van der Waals surface area contributed by atoms with Crippen molar-refractivity contribution in [3.05, 3.63) is 84.9 Å². The highest BCUT2D eigenvalue weighted by Gasteiger charge is 2.49. The molecule has 6 rings (SSSR count). The molecule has 2 aliphatic rings. The molecule has 1 aliphatic carbocycles. The zero-order chi connectivity index (χ0) is 46.0. The molecule has 344 valence electrons. The summed E-state index contributed by atoms with van der Waals surface area (Å²) in [6.07, 6.45) is 0.971. The number of methoxy groups -OCH3 is 1. The van der Waals surface area contributed by atoms with E-state index >= 15 is 4.57 Å². The largest absolute Gasteiger partial charge is 0.497 e. The number of amides is 3. The van der Waals surface area contributed by atoms with Crippen molar-refractivity contribution in [3.8, 4) is 28.5 Å². The molecule has 1 aromatic heterocycles. The Morgan fingerprint density at radius 3 is 2.22 bits per heavy atom. The molecule has 1 aliphatic heterocycles. The number of carbonyl (C=O) groups is 4. The van der Waals surface area contributed by atoms with Crippen LogP contribution in [0.25, 0.3) is 22.2 Å². The summed E-state index contributed by atoms with van der Waals surface area (Å²) in [5, 5.41) is 6.43. The summed E-state index contributed by atoms with van der Waals surface area (Å²) in [7, 11) is -2.84. The van der Waals surface area contributed by atoms with E-state index in [1.54, 1.807) is 50.4 Å². The van der Waals surface area contributed by atoms with Gasteiger partial charge in [-0.25, -0.2) is 19.1 Å². The molecular formula is C48H61N4O11P. The first-order chi connectivity index (χ1) is 30.6. The van der Waals surface area contributed by atoms with Gasteiger partial charge in [-0.3, -0.25) is 14.1 Å². The van der Waals surface area contributed by atoms with Gasteiger partial charge in [0, 0.05) is 29.5 Å². The second-order valence-electron chi connectivity index (χ2n) is 17.2. The zero-order valence-corrected chi connectivity index (χ0v) is 38.6. The fraction of sp³-hybridized carbons (Fsp3) is 0.479. The van der Waals surface area contributed by atoms with Crippen LogP contribution in [0, 0.1) is 5.41 Å². The van der Waals surface area contributed by atoms with Crippen molar-refractivity contribution in [1.82, 2.24) is 20.5 Å². The lowest BCUT2D eigenvalue weighted by atomic mass is 9.85. The molecule has 3 aromatic carbocycles. The summed E-state index contributed by atoms with van der Waals surface area (Å²) in [5.74, 6) is -1.92. The molecule has 2 N–H and O–H groups in total. The third-order valence-corrected chi connectivity index (χ3v) is 13.5. The summed E-state index contributed by atoms with van der Waals surface area (Å²) in [6, 6.07) is 23.0. The predicted octanol–water partition coefficient (Wildman–Crippen LogP) is 8.82. The normalized spacial score (nSPS) is 18.9. The Morgan fingerprint density at radius 2 is 1.58 bits per heavy atom. The molecule has 3 amide bonds. The molecule has 1 saturated carbocycles. The van der Waals surface area contributed by atoms with Crippen LogP contribution in [0.4, 0.5) is 4.79 Å². The van der Waals surface area contributed by atoms with Gasteiger partial charge in [0.05, 0.1) is 31.5 Å². The van der Waals surface area contributed by atoms with Crippen molar-refractivity contribution in [1.29, 1.82) is 0 Å². The van der Waals surface area contributed by atoms with Crippen LogP contribution >= 0.6 is 7.60 Å². The van der Waals surface area contributed by atoms with E-state index in [9.17, 15) is 19.2 Å². The lowest BCUT2D eigenvalue weighted by Crippen LogP contribution is -2.58. The van der Waals surface area contributed by atoms with E-state index < -0.39 is 67.0 Å². The monoisotopic (exact) mass is 900 g/mol. The summed E-state index contributed by atoms with van der Waals surface area (Å²) >= 11 is 0. The van der Waals surface area contributed by atoms with Gasteiger partial charge in [0.15, 0.2) is 6.10 Å². The van der Waals surface area contributed by atoms with E-state index in [1.165, 1.54) is 11.8 Å². The lowest BCUT2D eigenvalue weighted by Gasteiger charge is -2.36. The molecule has 4 aromatic rings. The highest BCUT2D eigenvalue weighted by Crippen LogP contribution is 2.54. The minimum absolute atomic E-state index is 0.0182. The van der Waals surface area contributed by atoms with E-state index in [2.05, 4.69) is 10.6 Å². The zero-order valence-electron chi connectivity index (χ0n) is 37.7. The van der Waals surface area contributed by atoms with Gasteiger partial charge in [-0.05, 0) is 75.6 Å². The summed E-state index contributed by atoms with van der Waals surface area (Å²) in [5.41, 5.74) is 1.28. The van der Waals surface area contributed by atoms with E-state index in [-0.39, 0.29) is 37.8 Å². The summed E-state index contributed by atoms with van der Waals surface area (Å²) in [4.78, 5) is 62.3. The maximum absolute atomic E-state index is 15.0. The summed E-state index contributed by atoms with van der Waals surface area (Å²) < 4.78 is 50.3. The van der Waals surface area contributed by atoms with Crippen LogP contribution in [0.15, 0.2) is 84.9 Å². The number of benzene rings is 3. The average molecular weight is 901 g/mol. The molecule has 1 saturated heterocycles. The Bertz CT molecular complexity index is 2280. The molecule has 2 heterocycles. The third kappa shape index (κ3) is 11.9. The van der Waals surface area contributed by atoms with Gasteiger partial charge in [-0.2, -0.15) is 0 Å². The number of esters is 1. The second kappa shape index (κ2) is 21.3. The number of para-hydroxylation sites is 1. The average Bonchev–Trinajstić information content (AvgIpc) is 3.95. The number of pyridine rings is 1. The number of fused-ring (bicyclic) bond motifs is 1. The number of ether oxygens (including phenoxy) is 4. The van der Waals surface area contributed by atoms with Gasteiger partial charge in [0.25, 0.3) is 0 Å². The molecule has 15 nitrogen and oxygen atoms in total. The van der Waals surface area contributed by atoms with E-state index in [0.29, 0.717) is 34.5 Å². The van der Waals surface area contributed by atoms with Gasteiger partial charge in [0.1, 0.15) is 47.3 Å². The number of nitrogens with one attached hydrogen (secondary N) is 2. The first-order valence-corrected chi connectivity index (χ1v) is 23.7. The van der Waals surface area contributed by atoms with Gasteiger partial charge in [0.2, 0.25) is 11.8 Å². The van der Waals surface area contributed by atoms with Crippen molar-refractivity contribution in [2.24, 2.45) is 5.41 Å². The number of carbonyl (C=O) groups excluding carboxylic acids is 4. The minimum atomic E-state index is -4.42. The number of rotatable bonds is 18. The van der Waals surface area contributed by atoms with E-state index in [0.717, 1.165) is 31.2 Å². The topological polar surface area (TPSA) is 181 Å². The van der Waals surface area contributed by atoms with Crippen molar-refractivity contribution < 1.29 is 51.7 Å². The van der Waals surface area contributed by atoms with Gasteiger partial charge >= 0.3 is 19.7 Å². The predicted molar refractivity (Wildman–Crippen MR) is 242 cm³/mol. The van der Waals surface area contributed by atoms with Crippen LogP contribution in [0.2, 0.25) is 0 Å². The van der Waals surface area contributed by atoms with Gasteiger partial charge < -0.3 is 39.0 Å². The van der Waals surface area contributed by atoms with Crippen LogP contribution in [0.1, 0.15) is 86.5 Å². The standard InChI is InChI=1S/C48H61N4O11P/c1-8-18-42(64(57,62-31(3)46(55)59-9-2)63-34-23-14-11-15-24-34)50-44(53)40-28-36(30-52(40)45(54)43(48(4,5)6)51-47(56)61-33-21-16-17-22-33)60-41-29-38(32-19-12-10-13-20-32)49-39-27-35(58-7)25-26-37(39)41/h10-15,19-20,23-27,29,31,33,36,40,42-43H,8-9,16-18,21-22,28,30H2,1-7H3,(H,50,53)(H,51,56)/t31-,36+,40-,42?,43+,64?/m0/s1. The fourth-order valence-electron chi connectivity index (χ4n) is 7.99. The number of likely N-dealkylation sites (tertiary alicyclic amines) is 1. The van der Waals surface area contributed by atoms with E-state index in [4.69, 9.17) is 33.0 Å². The second-order valence-corrected chi connectivity index (χ2v) is 19.3. The van der Waals surface area contributed by atoms with E-state index in [1.807, 2.05) is 76.2 Å². The SMILES string of the molecule is CCCC(NC(=O)[C@@H]1C[C@@H](Oc2cc(-c3ccccc3)nc3cc(OC)ccc23)CN1C(=O)[C@@H](NC(=O)OC1CCCC1)C(C)(C)C)P(=O)(Oc1ccccc1)O[C@@H](C)C(=O)OCC. The van der Waals surface area contributed by atoms with Crippen molar-refractivity contribution >= 4 is 42.4 Å². The molecular weight excluding hydrogens is 840 g/mol. The van der Waals surface area contributed by atoms with Crippen molar-refractivity contribution in [3.63, 3.8) is 0 Å². The van der Waals surface area contributed by atoms with Crippen LogP contribution in [-0.2, 0) is 32.9 Å². The smallest absolute Gasteiger partial charge is 0.408 e. The van der Waals surface area contributed by atoms with Crippen molar-refractivity contribution in [2.75, 3.05) is 20.3 Å². The maximum atomic E-state index is 15.0. The molecule has 2 unspecified atom stereocenters. The van der Waals surface area contributed by atoms with Crippen LogP contribution in [0.5, 0.6) is 17.2 Å². The number of nitrogens with zero attached hydrogens (tertiary/aromatic N) is 2. The molecule has 2 fully saturated rings. The summed E-state index contributed by atoms with van der Waals surface area (Å²) in [6.45, 7) is 10.4. The Labute approximate surface area is 375 Å². The molecule has 0 radical (unpaired) electrons. The lowest BCUT2D eigenvalue weighted by molar-refractivity contribution is -0.150. The number of alkyl carbamates (subject to hydrolysis) is 1. The first kappa shape index (κ1) is 47.8. The molecule has 0 spiro atoms. The molecule has 6 atom stereocenters. The Morgan fingerprint density at radius 1 is 0.891 bits per heavy atom. The first-order valence-electron chi connectivity index (χ1n) is 22.1. The Balaban J connectivity index is 1.36. The number of hydrogen-bond donors (Lipinski definition) is 2. The highest BCUT2D eigenvalue weighted by atomic mass is 31.2.